The van der Waals surface area contributed by atoms with Gasteiger partial charge in [0.1, 0.15) is 11.6 Å². The number of nitrogens with zero attached hydrogens (tertiary/aromatic N) is 1. The highest BCUT2D eigenvalue weighted by Crippen LogP contribution is 2.35. The van der Waals surface area contributed by atoms with Crippen molar-refractivity contribution >= 4 is 33.9 Å². The molecule has 1 rings (SSSR count). The predicted octanol–water partition coefficient (Wildman–Crippen LogP) is 1.57. The number of halogens is 1. The van der Waals surface area contributed by atoms with E-state index < -0.39 is 11.9 Å². The first-order chi connectivity index (χ1) is 9.92. The van der Waals surface area contributed by atoms with Gasteiger partial charge in [-0.05, 0) is 18.2 Å². The van der Waals surface area contributed by atoms with E-state index in [2.05, 4.69) is 15.9 Å². The van der Waals surface area contributed by atoms with Gasteiger partial charge in [-0.2, -0.15) is 5.26 Å². The number of amides is 3. The molecule has 0 aliphatic heterocycles. The zero-order valence-corrected chi connectivity index (χ0v) is 12.9. The van der Waals surface area contributed by atoms with Gasteiger partial charge in [-0.3, -0.25) is 10.1 Å². The van der Waals surface area contributed by atoms with E-state index in [4.69, 9.17) is 20.5 Å². The van der Waals surface area contributed by atoms with Crippen molar-refractivity contribution in [1.82, 2.24) is 5.32 Å². The first-order valence-corrected chi connectivity index (χ1v) is 6.36. The average molecular weight is 354 g/mol. The Morgan fingerprint density at radius 2 is 2.05 bits per heavy atom. The summed E-state index contributed by atoms with van der Waals surface area (Å²) in [6, 6.07) is 3.96. The second-order valence-electron chi connectivity index (χ2n) is 3.72. The fourth-order valence-corrected chi connectivity index (χ4v) is 2.00. The van der Waals surface area contributed by atoms with Gasteiger partial charge < -0.3 is 15.2 Å². The van der Waals surface area contributed by atoms with Crippen molar-refractivity contribution in [2.45, 2.75) is 0 Å². The molecule has 8 heteroatoms. The molecule has 0 aliphatic carbocycles. The number of carbonyl (C=O) groups excluding carboxylic acids is 2. The number of urea groups is 1. The smallest absolute Gasteiger partial charge is 0.319 e. The summed E-state index contributed by atoms with van der Waals surface area (Å²) in [5.74, 6) is -0.128. The second-order valence-corrected chi connectivity index (χ2v) is 4.63. The quantitative estimate of drug-likeness (QED) is 0.629. The van der Waals surface area contributed by atoms with Crippen LogP contribution in [0.15, 0.2) is 22.2 Å². The van der Waals surface area contributed by atoms with Crippen molar-refractivity contribution in [2.75, 3.05) is 14.2 Å². The lowest BCUT2D eigenvalue weighted by Crippen LogP contribution is -2.35. The highest BCUT2D eigenvalue weighted by molar-refractivity contribution is 9.10. The van der Waals surface area contributed by atoms with Gasteiger partial charge in [0, 0.05) is 10.0 Å². The van der Waals surface area contributed by atoms with Crippen molar-refractivity contribution in [1.29, 1.82) is 5.26 Å². The normalized spacial score (nSPS) is 10.5. The van der Waals surface area contributed by atoms with Crippen LogP contribution in [-0.4, -0.2) is 26.2 Å². The summed E-state index contributed by atoms with van der Waals surface area (Å²) < 4.78 is 11.0. The van der Waals surface area contributed by atoms with E-state index in [-0.39, 0.29) is 5.57 Å². The van der Waals surface area contributed by atoms with Crippen LogP contribution < -0.4 is 20.5 Å². The van der Waals surface area contributed by atoms with Crippen molar-refractivity contribution in [3.63, 3.8) is 0 Å². The number of benzene rings is 1. The van der Waals surface area contributed by atoms with E-state index in [0.717, 1.165) is 0 Å². The van der Waals surface area contributed by atoms with Crippen LogP contribution in [0, 0.1) is 11.3 Å². The molecule has 0 spiro atoms. The Bertz CT molecular complexity index is 650. The van der Waals surface area contributed by atoms with Crippen LogP contribution in [0.5, 0.6) is 11.5 Å². The monoisotopic (exact) mass is 353 g/mol. The molecule has 0 heterocycles. The van der Waals surface area contributed by atoms with Gasteiger partial charge in [0.15, 0.2) is 11.5 Å². The molecule has 110 valence electrons. The molecule has 0 bridgehead atoms. The number of ether oxygens (including phenoxy) is 2. The molecule has 0 saturated carbocycles. The van der Waals surface area contributed by atoms with E-state index in [1.165, 1.54) is 20.3 Å². The maximum absolute atomic E-state index is 11.6. The van der Waals surface area contributed by atoms with E-state index in [0.29, 0.717) is 21.5 Å². The Hall–Kier alpha value is -2.53. The Labute approximate surface area is 129 Å². The molecule has 0 radical (unpaired) electrons. The fraction of sp³-hybridized carbons (Fsp3) is 0.154. The van der Waals surface area contributed by atoms with Gasteiger partial charge in [0.05, 0.1) is 14.2 Å². The summed E-state index contributed by atoms with van der Waals surface area (Å²) in [6.45, 7) is 0. The molecule has 0 aromatic heterocycles. The third kappa shape index (κ3) is 4.22. The molecule has 0 saturated heterocycles. The van der Waals surface area contributed by atoms with E-state index >= 15 is 0 Å². The molecule has 7 nitrogen and oxygen atoms in total. The van der Waals surface area contributed by atoms with Crippen LogP contribution in [0.1, 0.15) is 5.56 Å². The zero-order valence-electron chi connectivity index (χ0n) is 11.3. The highest BCUT2D eigenvalue weighted by atomic mass is 79.9. The van der Waals surface area contributed by atoms with Crippen LogP contribution in [0.25, 0.3) is 6.08 Å². The summed E-state index contributed by atoms with van der Waals surface area (Å²) in [5, 5.41) is 10.8. The number of methoxy groups -OCH3 is 2. The predicted molar refractivity (Wildman–Crippen MR) is 78.6 cm³/mol. The number of carbonyl (C=O) groups is 2. The van der Waals surface area contributed by atoms with Crippen LogP contribution in [-0.2, 0) is 4.79 Å². The molecule has 0 aliphatic rings. The zero-order chi connectivity index (χ0) is 16.0. The number of hydrogen-bond acceptors (Lipinski definition) is 5. The van der Waals surface area contributed by atoms with E-state index in [1.807, 2.05) is 5.32 Å². The number of nitrogens with two attached hydrogens (primary N) is 1. The summed E-state index contributed by atoms with van der Waals surface area (Å²) in [4.78, 5) is 22.3. The van der Waals surface area contributed by atoms with Gasteiger partial charge in [-0.15, -0.1) is 0 Å². The molecule has 1 aromatic carbocycles. The summed E-state index contributed by atoms with van der Waals surface area (Å²) in [7, 11) is 2.89. The minimum absolute atomic E-state index is 0.299. The molecule has 0 fully saturated rings. The third-order valence-electron chi connectivity index (χ3n) is 2.37. The molecule has 3 amide bonds. The third-order valence-corrected chi connectivity index (χ3v) is 2.83. The first-order valence-electron chi connectivity index (χ1n) is 5.57. The van der Waals surface area contributed by atoms with E-state index in [9.17, 15) is 9.59 Å². The fourth-order valence-electron chi connectivity index (χ4n) is 1.55. The summed E-state index contributed by atoms with van der Waals surface area (Å²) in [5.41, 5.74) is 4.98. The van der Waals surface area contributed by atoms with Gasteiger partial charge in [0.25, 0.3) is 5.91 Å². The maximum Gasteiger partial charge on any atom is 0.319 e. The van der Waals surface area contributed by atoms with Crippen LogP contribution >= 0.6 is 15.9 Å². The Kier molecular flexibility index (Phi) is 5.75. The van der Waals surface area contributed by atoms with Gasteiger partial charge in [-0.25, -0.2) is 4.79 Å². The molecule has 0 atom stereocenters. The molecule has 0 unspecified atom stereocenters. The number of rotatable bonds is 4. The second kappa shape index (κ2) is 7.31. The topological polar surface area (TPSA) is 114 Å². The average Bonchev–Trinajstić information content (AvgIpc) is 2.42. The highest BCUT2D eigenvalue weighted by Gasteiger charge is 2.15. The van der Waals surface area contributed by atoms with Crippen molar-refractivity contribution in [3.05, 3.63) is 27.7 Å². The molecular weight excluding hydrogens is 342 g/mol. The minimum atomic E-state index is -1.04. The number of primary amides is 1. The van der Waals surface area contributed by atoms with E-state index in [1.54, 1.807) is 18.2 Å². The lowest BCUT2D eigenvalue weighted by molar-refractivity contribution is -0.115. The number of nitrogens with one attached hydrogen (secondary N) is 1. The standard InChI is InChI=1S/C13H12BrN3O4/c1-20-10-5-9(14)4-7(11(10)21-2)3-8(6-15)12(18)17-13(16)19/h3-5H,1-2H3,(H3,16,17,18,19)/b8-3-. The molecule has 1 aromatic rings. The largest absolute Gasteiger partial charge is 0.493 e. The molecule has 3 N–H and O–H groups in total. The Morgan fingerprint density at radius 1 is 1.38 bits per heavy atom. The Morgan fingerprint density at radius 3 is 2.52 bits per heavy atom. The van der Waals surface area contributed by atoms with Crippen LogP contribution in [0.4, 0.5) is 4.79 Å². The van der Waals surface area contributed by atoms with Crippen LogP contribution in [0.2, 0.25) is 0 Å². The van der Waals surface area contributed by atoms with Crippen LogP contribution in [0.3, 0.4) is 0 Å². The van der Waals surface area contributed by atoms with Gasteiger partial charge >= 0.3 is 6.03 Å². The lowest BCUT2D eigenvalue weighted by atomic mass is 10.1. The first kappa shape index (κ1) is 16.5. The maximum atomic E-state index is 11.6. The van der Waals surface area contributed by atoms with Crippen molar-refractivity contribution in [2.24, 2.45) is 5.73 Å². The lowest BCUT2D eigenvalue weighted by Gasteiger charge is -2.11. The van der Waals surface area contributed by atoms with Crippen molar-refractivity contribution < 1.29 is 19.1 Å². The molecular formula is C13H12BrN3O4. The summed E-state index contributed by atoms with van der Waals surface area (Å²) >= 11 is 3.28. The van der Waals surface area contributed by atoms with Crippen molar-refractivity contribution in [3.8, 4) is 17.6 Å². The number of hydrogen-bond donors (Lipinski definition) is 2. The summed E-state index contributed by atoms with van der Waals surface area (Å²) in [6.07, 6.45) is 1.27. The Balaban J connectivity index is 3.35. The number of imide groups is 1. The van der Waals surface area contributed by atoms with Gasteiger partial charge in [0.2, 0.25) is 0 Å². The SMILES string of the molecule is COc1cc(Br)cc(/C=C(/C#N)C(=O)NC(N)=O)c1OC. The van der Waals surface area contributed by atoms with Gasteiger partial charge in [-0.1, -0.05) is 15.9 Å². The molecule has 21 heavy (non-hydrogen) atoms. The minimum Gasteiger partial charge on any atom is -0.493 e. The number of nitriles is 1.